The Balaban J connectivity index is 1.74. The average molecular weight is 346 g/mol. The molecule has 2 rings (SSSR count). The van der Waals surface area contributed by atoms with Crippen molar-refractivity contribution in [3.63, 3.8) is 0 Å². The molecule has 0 unspecified atom stereocenters. The third kappa shape index (κ3) is 7.07. The molecule has 0 aliphatic heterocycles. The van der Waals surface area contributed by atoms with Gasteiger partial charge >= 0.3 is 0 Å². The van der Waals surface area contributed by atoms with Gasteiger partial charge in [-0.25, -0.2) is 9.38 Å². The number of benzene rings is 1. The second-order valence-electron chi connectivity index (χ2n) is 5.35. The van der Waals surface area contributed by atoms with Gasteiger partial charge in [0.05, 0.1) is 12.8 Å². The van der Waals surface area contributed by atoms with Crippen LogP contribution in [0, 0.1) is 5.82 Å². The van der Waals surface area contributed by atoms with E-state index in [1.807, 2.05) is 6.92 Å². The number of carbonyl (C=O) groups is 1. The molecule has 1 amide bonds. The summed E-state index contributed by atoms with van der Waals surface area (Å²) in [5, 5.41) is 8.98. The summed E-state index contributed by atoms with van der Waals surface area (Å²) < 4.78 is 18.0. The number of aliphatic imine (C=N–C) groups is 1. The maximum Gasteiger partial charge on any atom is 0.242 e. The topological polar surface area (TPSA) is 78.7 Å². The molecular weight excluding hydrogens is 323 g/mol. The van der Waals surface area contributed by atoms with E-state index in [1.54, 1.807) is 30.5 Å². The highest BCUT2D eigenvalue weighted by atomic mass is 19.1. The fourth-order valence-electron chi connectivity index (χ4n) is 2.12. The Morgan fingerprint density at radius 1 is 1.16 bits per heavy atom. The molecule has 2 aromatic rings. The summed E-state index contributed by atoms with van der Waals surface area (Å²) in [7, 11) is 0. The summed E-state index contributed by atoms with van der Waals surface area (Å²) in [5.74, 6) is 0.832. The van der Waals surface area contributed by atoms with Crippen molar-refractivity contribution in [3.8, 4) is 0 Å². The first-order valence-corrected chi connectivity index (χ1v) is 8.23. The molecule has 7 heteroatoms. The fraction of sp³-hybridized carbons (Fsp3) is 0.333. The van der Waals surface area contributed by atoms with Crippen LogP contribution in [0.5, 0.6) is 0 Å². The van der Waals surface area contributed by atoms with E-state index in [0.717, 1.165) is 12.0 Å². The number of nitrogens with zero attached hydrogens (tertiary/aromatic N) is 1. The lowest BCUT2D eigenvalue weighted by Gasteiger charge is -2.11. The highest BCUT2D eigenvalue weighted by molar-refractivity contribution is 5.84. The minimum Gasteiger partial charge on any atom is -0.467 e. The number of hydrogen-bond donors (Lipinski definition) is 3. The van der Waals surface area contributed by atoms with E-state index in [9.17, 15) is 9.18 Å². The summed E-state index contributed by atoms with van der Waals surface area (Å²) in [6.07, 6.45) is 2.29. The van der Waals surface area contributed by atoms with Crippen molar-refractivity contribution < 1.29 is 13.6 Å². The van der Waals surface area contributed by atoms with Crippen molar-refractivity contribution in [2.24, 2.45) is 4.99 Å². The molecule has 0 aliphatic rings. The number of halogens is 1. The molecule has 0 bridgehead atoms. The van der Waals surface area contributed by atoms with Crippen LogP contribution in [0.4, 0.5) is 4.39 Å². The van der Waals surface area contributed by atoms with E-state index in [4.69, 9.17) is 4.42 Å². The van der Waals surface area contributed by atoms with Gasteiger partial charge in [-0.2, -0.15) is 0 Å². The monoisotopic (exact) mass is 346 g/mol. The van der Waals surface area contributed by atoms with E-state index in [2.05, 4.69) is 20.9 Å². The zero-order valence-corrected chi connectivity index (χ0v) is 14.2. The first-order valence-electron chi connectivity index (χ1n) is 8.23. The summed E-state index contributed by atoms with van der Waals surface area (Å²) >= 11 is 0. The molecule has 0 saturated heterocycles. The quantitative estimate of drug-likeness (QED) is 0.503. The minimum atomic E-state index is -0.243. The van der Waals surface area contributed by atoms with Gasteiger partial charge in [-0.15, -0.1) is 0 Å². The number of amides is 1. The molecule has 3 N–H and O–H groups in total. The third-order valence-corrected chi connectivity index (χ3v) is 3.38. The number of guanidine groups is 1. The Labute approximate surface area is 146 Å². The smallest absolute Gasteiger partial charge is 0.242 e. The number of rotatable bonds is 8. The zero-order valence-electron chi connectivity index (χ0n) is 14.2. The maximum atomic E-state index is 12.9. The molecule has 134 valence electrons. The second kappa shape index (κ2) is 10.1. The minimum absolute atomic E-state index is 0.0204. The van der Waals surface area contributed by atoms with Crippen LogP contribution >= 0.6 is 0 Å². The molecule has 1 heterocycles. The van der Waals surface area contributed by atoms with Gasteiger partial charge in [-0.3, -0.25) is 4.79 Å². The number of carbonyl (C=O) groups excluding carboxylic acids is 1. The molecule has 6 nitrogen and oxygen atoms in total. The molecule has 1 aromatic carbocycles. The first kappa shape index (κ1) is 18.5. The molecule has 0 aliphatic carbocycles. The van der Waals surface area contributed by atoms with Crippen molar-refractivity contribution in [2.45, 2.75) is 19.9 Å². The van der Waals surface area contributed by atoms with Crippen LogP contribution in [-0.2, 0) is 17.8 Å². The number of nitrogens with one attached hydrogen (secondary N) is 3. The number of hydrogen-bond acceptors (Lipinski definition) is 3. The third-order valence-electron chi connectivity index (χ3n) is 3.38. The van der Waals surface area contributed by atoms with Gasteiger partial charge in [0.2, 0.25) is 5.91 Å². The van der Waals surface area contributed by atoms with Gasteiger partial charge in [0.1, 0.15) is 18.1 Å². The Bertz CT molecular complexity index is 669. The van der Waals surface area contributed by atoms with Crippen molar-refractivity contribution in [1.82, 2.24) is 16.0 Å². The van der Waals surface area contributed by atoms with Gasteiger partial charge in [-0.05, 0) is 43.2 Å². The Hall–Kier alpha value is -2.83. The molecular formula is C18H23FN4O2. The summed E-state index contributed by atoms with van der Waals surface area (Å²) in [5.41, 5.74) is 1.03. The van der Waals surface area contributed by atoms with E-state index >= 15 is 0 Å². The molecule has 0 spiro atoms. The molecule has 0 atom stereocenters. The van der Waals surface area contributed by atoms with Crippen LogP contribution in [0.1, 0.15) is 18.2 Å². The predicted octanol–water partition coefficient (Wildman–Crippen LogP) is 1.83. The van der Waals surface area contributed by atoms with Crippen LogP contribution in [0.3, 0.4) is 0 Å². The van der Waals surface area contributed by atoms with E-state index in [0.29, 0.717) is 31.4 Å². The summed E-state index contributed by atoms with van der Waals surface area (Å²) in [6, 6.07) is 9.96. The van der Waals surface area contributed by atoms with E-state index in [-0.39, 0.29) is 18.3 Å². The predicted molar refractivity (Wildman–Crippen MR) is 94.6 cm³/mol. The number of furan rings is 1. The largest absolute Gasteiger partial charge is 0.467 e. The van der Waals surface area contributed by atoms with Crippen molar-refractivity contribution in [1.29, 1.82) is 0 Å². The molecule has 1 aromatic heterocycles. The standard InChI is InChI=1S/C18H23FN4O2/c1-2-20-18(21-10-9-14-5-7-15(19)8-6-14)23-13-17(24)22-12-16-4-3-11-25-16/h3-8,11H,2,9-10,12-13H2,1H3,(H,22,24)(H2,20,21,23). The maximum absolute atomic E-state index is 12.9. The molecule has 0 saturated carbocycles. The van der Waals surface area contributed by atoms with E-state index in [1.165, 1.54) is 12.1 Å². The van der Waals surface area contributed by atoms with Crippen molar-refractivity contribution in [2.75, 3.05) is 19.6 Å². The van der Waals surface area contributed by atoms with Crippen LogP contribution in [0.25, 0.3) is 0 Å². The summed E-state index contributed by atoms with van der Waals surface area (Å²) in [6.45, 7) is 3.64. The lowest BCUT2D eigenvalue weighted by atomic mass is 10.1. The first-order chi connectivity index (χ1) is 12.2. The van der Waals surface area contributed by atoms with Gasteiger partial charge < -0.3 is 20.4 Å². The average Bonchev–Trinajstić information content (AvgIpc) is 3.13. The van der Waals surface area contributed by atoms with Crippen molar-refractivity contribution in [3.05, 3.63) is 59.8 Å². The van der Waals surface area contributed by atoms with Crippen LogP contribution in [-0.4, -0.2) is 31.5 Å². The normalized spacial score (nSPS) is 11.2. The fourth-order valence-corrected chi connectivity index (χ4v) is 2.12. The van der Waals surface area contributed by atoms with Crippen LogP contribution in [0.15, 0.2) is 52.1 Å². The lowest BCUT2D eigenvalue weighted by molar-refractivity contribution is -0.119. The van der Waals surface area contributed by atoms with Crippen LogP contribution < -0.4 is 16.0 Å². The van der Waals surface area contributed by atoms with Crippen LogP contribution in [0.2, 0.25) is 0 Å². The van der Waals surface area contributed by atoms with Gasteiger partial charge in [0.15, 0.2) is 5.96 Å². The van der Waals surface area contributed by atoms with E-state index < -0.39 is 0 Å². The molecule has 0 fully saturated rings. The Morgan fingerprint density at radius 3 is 2.64 bits per heavy atom. The highest BCUT2D eigenvalue weighted by Crippen LogP contribution is 2.02. The Morgan fingerprint density at radius 2 is 1.96 bits per heavy atom. The van der Waals surface area contributed by atoms with Gasteiger partial charge in [0, 0.05) is 13.1 Å². The van der Waals surface area contributed by atoms with Gasteiger partial charge in [-0.1, -0.05) is 12.1 Å². The SMILES string of the molecule is CCNC(=NCC(=O)NCc1ccco1)NCCc1ccc(F)cc1. The van der Waals surface area contributed by atoms with Crippen molar-refractivity contribution >= 4 is 11.9 Å². The highest BCUT2D eigenvalue weighted by Gasteiger charge is 2.03. The zero-order chi connectivity index (χ0) is 17.9. The Kier molecular flexibility index (Phi) is 7.49. The lowest BCUT2D eigenvalue weighted by Crippen LogP contribution is -2.39. The second-order valence-corrected chi connectivity index (χ2v) is 5.35. The molecule has 25 heavy (non-hydrogen) atoms. The summed E-state index contributed by atoms with van der Waals surface area (Å²) in [4.78, 5) is 16.1. The van der Waals surface area contributed by atoms with Gasteiger partial charge in [0.25, 0.3) is 0 Å². The molecule has 0 radical (unpaired) electrons.